The number of hydrogen-bond donors (Lipinski definition) is 1. The maximum Gasteiger partial charge on any atom is 0.235 e. The highest BCUT2D eigenvalue weighted by atomic mass is 32.2. The van der Waals surface area contributed by atoms with E-state index in [4.69, 9.17) is 4.74 Å². The molecular formula is C27H33N5O2S2. The van der Waals surface area contributed by atoms with Crippen molar-refractivity contribution in [1.82, 2.24) is 14.8 Å². The van der Waals surface area contributed by atoms with Gasteiger partial charge < -0.3 is 14.6 Å². The van der Waals surface area contributed by atoms with Gasteiger partial charge in [0.1, 0.15) is 22.6 Å². The number of amides is 1. The average molecular weight is 524 g/mol. The Hall–Kier alpha value is -2.83. The zero-order valence-electron chi connectivity index (χ0n) is 21.6. The number of carbonyl (C=O) groups is 1. The second-order valence-electron chi connectivity index (χ2n) is 10.1. The Morgan fingerprint density at radius 2 is 2.06 bits per heavy atom. The van der Waals surface area contributed by atoms with E-state index in [1.807, 2.05) is 35.8 Å². The van der Waals surface area contributed by atoms with Crippen LogP contribution in [-0.4, -0.2) is 33.5 Å². The van der Waals surface area contributed by atoms with E-state index in [9.17, 15) is 10.1 Å². The van der Waals surface area contributed by atoms with Gasteiger partial charge in [0.15, 0.2) is 5.16 Å². The van der Waals surface area contributed by atoms with Crippen molar-refractivity contribution in [2.45, 2.75) is 65.1 Å². The van der Waals surface area contributed by atoms with Gasteiger partial charge in [0, 0.05) is 17.8 Å². The van der Waals surface area contributed by atoms with Crippen molar-refractivity contribution in [3.05, 3.63) is 51.7 Å². The predicted molar refractivity (Wildman–Crippen MR) is 145 cm³/mol. The van der Waals surface area contributed by atoms with E-state index in [1.165, 1.54) is 16.6 Å². The highest BCUT2D eigenvalue weighted by Crippen LogP contribution is 2.44. The summed E-state index contributed by atoms with van der Waals surface area (Å²) in [6.07, 6.45) is 3.60. The molecule has 4 rings (SSSR count). The van der Waals surface area contributed by atoms with Gasteiger partial charge in [-0.25, -0.2) is 0 Å². The summed E-state index contributed by atoms with van der Waals surface area (Å²) >= 11 is 2.93. The number of ether oxygens (including phenoxy) is 1. The number of aromatic nitrogens is 3. The molecule has 2 heterocycles. The average Bonchev–Trinajstić information content (AvgIpc) is 3.41. The Bertz CT molecular complexity index is 1270. The summed E-state index contributed by atoms with van der Waals surface area (Å²) in [5, 5.41) is 22.9. The summed E-state index contributed by atoms with van der Waals surface area (Å²) in [4.78, 5) is 14.1. The second-order valence-corrected chi connectivity index (χ2v) is 12.2. The number of thioether (sulfide) groups is 1. The molecule has 1 atom stereocenters. The fraction of sp³-hybridized carbons (Fsp3) is 0.481. The smallest absolute Gasteiger partial charge is 0.235 e. The van der Waals surface area contributed by atoms with Crippen LogP contribution in [0.4, 0.5) is 5.00 Å². The number of thiophene rings is 1. The van der Waals surface area contributed by atoms with Gasteiger partial charge in [-0.15, -0.1) is 21.5 Å². The van der Waals surface area contributed by atoms with Crippen molar-refractivity contribution in [3.63, 3.8) is 0 Å². The number of methoxy groups -OCH3 is 1. The number of anilines is 1. The van der Waals surface area contributed by atoms with Gasteiger partial charge >= 0.3 is 0 Å². The van der Waals surface area contributed by atoms with Gasteiger partial charge in [-0.2, -0.15) is 5.26 Å². The van der Waals surface area contributed by atoms with Crippen LogP contribution in [0.2, 0.25) is 0 Å². The molecule has 7 nitrogen and oxygen atoms in total. The third-order valence-electron chi connectivity index (χ3n) is 6.82. The topological polar surface area (TPSA) is 92.8 Å². The molecule has 0 aliphatic heterocycles. The number of benzene rings is 1. The lowest BCUT2D eigenvalue weighted by Gasteiger charge is -2.33. The minimum atomic E-state index is -0.134. The summed E-state index contributed by atoms with van der Waals surface area (Å²) in [6.45, 7) is 9.59. The van der Waals surface area contributed by atoms with E-state index < -0.39 is 0 Å². The van der Waals surface area contributed by atoms with E-state index in [1.54, 1.807) is 18.4 Å². The first-order chi connectivity index (χ1) is 17.2. The van der Waals surface area contributed by atoms with Crippen LogP contribution in [0.5, 0.6) is 5.75 Å². The molecule has 2 aromatic heterocycles. The van der Waals surface area contributed by atoms with Crippen LogP contribution in [0.25, 0.3) is 0 Å². The van der Waals surface area contributed by atoms with E-state index >= 15 is 0 Å². The molecule has 0 unspecified atom stereocenters. The third kappa shape index (κ3) is 5.76. The normalized spacial score (nSPS) is 15.3. The first-order valence-electron chi connectivity index (χ1n) is 12.3. The molecule has 0 saturated heterocycles. The summed E-state index contributed by atoms with van der Waals surface area (Å²) < 4.78 is 7.27. The number of hydrogen-bond acceptors (Lipinski definition) is 7. The fourth-order valence-corrected chi connectivity index (χ4v) is 6.74. The monoisotopic (exact) mass is 523 g/mol. The minimum Gasteiger partial charge on any atom is -0.497 e. The molecule has 9 heteroatoms. The van der Waals surface area contributed by atoms with E-state index in [2.05, 4.69) is 42.4 Å². The Morgan fingerprint density at radius 1 is 1.31 bits per heavy atom. The highest BCUT2D eigenvalue weighted by molar-refractivity contribution is 7.99. The SMILES string of the molecule is CCn1c(Cc2ccc(OC)cc2)nnc1SCC(=O)Nc1sc2c(c1C#N)CC[C@@H](C(C)(C)C)C2. The zero-order valence-corrected chi connectivity index (χ0v) is 23.2. The fourth-order valence-electron chi connectivity index (χ4n) is 4.62. The summed E-state index contributed by atoms with van der Waals surface area (Å²) in [6, 6.07) is 10.2. The maximum absolute atomic E-state index is 12.8. The number of fused-ring (bicyclic) bond motifs is 1. The molecule has 1 aliphatic carbocycles. The van der Waals surface area contributed by atoms with Crippen LogP contribution in [0, 0.1) is 22.7 Å². The van der Waals surface area contributed by atoms with Crippen molar-refractivity contribution in [3.8, 4) is 11.8 Å². The highest BCUT2D eigenvalue weighted by Gasteiger charge is 2.32. The van der Waals surface area contributed by atoms with Crippen molar-refractivity contribution in [2.75, 3.05) is 18.2 Å². The van der Waals surface area contributed by atoms with Crippen LogP contribution in [-0.2, 0) is 30.6 Å². The third-order valence-corrected chi connectivity index (χ3v) is 8.95. The largest absolute Gasteiger partial charge is 0.497 e. The van der Waals surface area contributed by atoms with Gasteiger partial charge in [0.2, 0.25) is 5.91 Å². The van der Waals surface area contributed by atoms with Crippen molar-refractivity contribution in [1.29, 1.82) is 5.26 Å². The molecule has 0 saturated carbocycles. The van der Waals surface area contributed by atoms with Crippen LogP contribution in [0.1, 0.15) is 61.5 Å². The number of nitrogens with zero attached hydrogens (tertiary/aromatic N) is 4. The van der Waals surface area contributed by atoms with Gasteiger partial charge in [-0.1, -0.05) is 44.7 Å². The van der Waals surface area contributed by atoms with Crippen LogP contribution < -0.4 is 10.1 Å². The van der Waals surface area contributed by atoms with Crippen molar-refractivity contribution < 1.29 is 9.53 Å². The van der Waals surface area contributed by atoms with Crippen LogP contribution >= 0.6 is 23.1 Å². The standard InChI is InChI=1S/C27H33N5O2S2/c1-6-32-23(13-17-7-10-19(34-5)11-8-17)30-31-26(32)35-16-24(33)29-25-21(15-28)20-12-9-18(27(2,3)4)14-22(20)36-25/h7-8,10-11,18H,6,9,12-14,16H2,1-5H3,(H,29,33)/t18-/m1/s1. The molecule has 0 radical (unpaired) electrons. The Labute approximate surface area is 221 Å². The van der Waals surface area contributed by atoms with Gasteiger partial charge in [0.25, 0.3) is 0 Å². The molecule has 36 heavy (non-hydrogen) atoms. The Balaban J connectivity index is 1.40. The molecule has 1 amide bonds. The molecule has 1 N–H and O–H groups in total. The molecule has 3 aromatic rings. The zero-order chi connectivity index (χ0) is 25.9. The minimum absolute atomic E-state index is 0.134. The number of carbonyl (C=O) groups excluding carboxylic acids is 1. The molecule has 1 aliphatic rings. The lowest BCUT2D eigenvalue weighted by molar-refractivity contribution is -0.113. The molecular weight excluding hydrogens is 490 g/mol. The molecule has 0 fully saturated rings. The van der Waals surface area contributed by atoms with Crippen LogP contribution in [0.3, 0.4) is 0 Å². The van der Waals surface area contributed by atoms with Gasteiger partial charge in [-0.3, -0.25) is 4.79 Å². The summed E-state index contributed by atoms with van der Waals surface area (Å²) in [7, 11) is 1.65. The predicted octanol–water partition coefficient (Wildman–Crippen LogP) is 5.71. The molecule has 190 valence electrons. The Morgan fingerprint density at radius 3 is 2.69 bits per heavy atom. The lowest BCUT2D eigenvalue weighted by Crippen LogP contribution is -2.26. The van der Waals surface area contributed by atoms with Crippen molar-refractivity contribution >= 4 is 34.0 Å². The van der Waals surface area contributed by atoms with Crippen LogP contribution in [0.15, 0.2) is 29.4 Å². The van der Waals surface area contributed by atoms with Gasteiger partial charge in [0.05, 0.1) is 18.4 Å². The summed E-state index contributed by atoms with van der Waals surface area (Å²) in [5.74, 6) is 2.33. The molecule has 0 bridgehead atoms. The molecule has 1 aromatic carbocycles. The number of rotatable bonds is 8. The number of nitriles is 1. The van der Waals surface area contributed by atoms with E-state index in [0.29, 0.717) is 29.4 Å². The first-order valence-corrected chi connectivity index (χ1v) is 14.1. The summed E-state index contributed by atoms with van der Waals surface area (Å²) in [5.41, 5.74) is 3.11. The van der Waals surface area contributed by atoms with Gasteiger partial charge in [-0.05, 0) is 60.8 Å². The number of nitrogens with one attached hydrogen (secondary N) is 1. The second kappa shape index (κ2) is 11.1. The quantitative estimate of drug-likeness (QED) is 0.380. The lowest BCUT2D eigenvalue weighted by atomic mass is 9.72. The molecule has 0 spiro atoms. The first kappa shape index (κ1) is 26.2. The Kier molecular flexibility index (Phi) is 8.06. The van der Waals surface area contributed by atoms with E-state index in [-0.39, 0.29) is 17.1 Å². The van der Waals surface area contributed by atoms with Crippen molar-refractivity contribution in [2.24, 2.45) is 11.3 Å². The van der Waals surface area contributed by atoms with E-state index in [0.717, 1.165) is 47.1 Å². The maximum atomic E-state index is 12.8.